The van der Waals surface area contributed by atoms with Crippen molar-refractivity contribution in [3.63, 3.8) is 0 Å². The predicted octanol–water partition coefficient (Wildman–Crippen LogP) is 2.22. The molecule has 0 aliphatic heterocycles. The first-order valence-corrected chi connectivity index (χ1v) is 7.18. The van der Waals surface area contributed by atoms with Crippen LogP contribution in [0.25, 0.3) is 0 Å². The van der Waals surface area contributed by atoms with Crippen LogP contribution in [0.5, 0.6) is 5.75 Å². The summed E-state index contributed by atoms with van der Waals surface area (Å²) in [5, 5.41) is 2.93. The zero-order valence-corrected chi connectivity index (χ0v) is 13.0. The number of rotatable bonds is 8. The second kappa shape index (κ2) is 8.59. The van der Waals surface area contributed by atoms with Crippen molar-refractivity contribution < 1.29 is 9.53 Å². The van der Waals surface area contributed by atoms with Crippen LogP contribution in [0.1, 0.15) is 25.3 Å². The minimum atomic E-state index is -0.420. The van der Waals surface area contributed by atoms with E-state index in [2.05, 4.69) is 10.2 Å². The van der Waals surface area contributed by atoms with Gasteiger partial charge in [0.2, 0.25) is 0 Å². The normalized spacial score (nSPS) is 12.2. The number of aryl methyl sites for hydroxylation is 1. The van der Waals surface area contributed by atoms with E-state index in [1.165, 1.54) is 0 Å². The molecule has 1 atom stereocenters. The Labute approximate surface area is 122 Å². The highest BCUT2D eigenvalue weighted by molar-refractivity contribution is 5.81. The van der Waals surface area contributed by atoms with Crippen molar-refractivity contribution in [2.75, 3.05) is 27.2 Å². The van der Waals surface area contributed by atoms with Gasteiger partial charge in [0.25, 0.3) is 5.91 Å². The average Bonchev–Trinajstić information content (AvgIpc) is 2.40. The molecule has 112 valence electrons. The number of carbonyl (C=O) groups is 1. The van der Waals surface area contributed by atoms with E-state index >= 15 is 0 Å². The van der Waals surface area contributed by atoms with Crippen molar-refractivity contribution in [3.05, 3.63) is 29.8 Å². The minimum Gasteiger partial charge on any atom is -0.481 e. The van der Waals surface area contributed by atoms with Gasteiger partial charge in [0.1, 0.15) is 5.75 Å². The lowest BCUT2D eigenvalue weighted by atomic mass is 10.2. The molecule has 0 saturated heterocycles. The van der Waals surface area contributed by atoms with E-state index in [9.17, 15) is 4.79 Å². The van der Waals surface area contributed by atoms with Crippen molar-refractivity contribution in [1.29, 1.82) is 0 Å². The molecule has 20 heavy (non-hydrogen) atoms. The first-order chi connectivity index (χ1) is 9.52. The number of hydrogen-bond donors (Lipinski definition) is 1. The van der Waals surface area contributed by atoms with Crippen LogP contribution < -0.4 is 10.1 Å². The second-order valence-corrected chi connectivity index (χ2v) is 5.28. The third-order valence-corrected chi connectivity index (χ3v) is 3.01. The predicted molar refractivity (Wildman–Crippen MR) is 82.1 cm³/mol. The van der Waals surface area contributed by atoms with Crippen LogP contribution in [0.2, 0.25) is 0 Å². The molecule has 0 saturated carbocycles. The van der Waals surface area contributed by atoms with Crippen LogP contribution in [0.15, 0.2) is 24.3 Å². The van der Waals surface area contributed by atoms with Crippen molar-refractivity contribution in [2.24, 2.45) is 0 Å². The topological polar surface area (TPSA) is 41.6 Å². The molecular formula is C16H26N2O2. The summed E-state index contributed by atoms with van der Waals surface area (Å²) in [5.41, 5.74) is 1.13. The highest BCUT2D eigenvalue weighted by Crippen LogP contribution is 2.15. The quantitative estimate of drug-likeness (QED) is 0.741. The average molecular weight is 278 g/mol. The minimum absolute atomic E-state index is 0.0345. The van der Waals surface area contributed by atoms with Crippen molar-refractivity contribution in [3.8, 4) is 5.75 Å². The number of carbonyl (C=O) groups excluding carboxylic acids is 1. The lowest BCUT2D eigenvalue weighted by Gasteiger charge is -2.18. The van der Waals surface area contributed by atoms with Crippen molar-refractivity contribution >= 4 is 5.91 Å². The molecular weight excluding hydrogens is 252 g/mol. The fourth-order valence-corrected chi connectivity index (χ4v) is 1.90. The van der Waals surface area contributed by atoms with E-state index < -0.39 is 6.10 Å². The second-order valence-electron chi connectivity index (χ2n) is 5.28. The monoisotopic (exact) mass is 278 g/mol. The third kappa shape index (κ3) is 6.06. The van der Waals surface area contributed by atoms with Crippen LogP contribution in [0, 0.1) is 6.92 Å². The molecule has 4 nitrogen and oxygen atoms in total. The third-order valence-electron chi connectivity index (χ3n) is 3.01. The number of nitrogens with one attached hydrogen (secondary N) is 1. The molecule has 1 rings (SSSR count). The van der Waals surface area contributed by atoms with Crippen LogP contribution in [-0.4, -0.2) is 44.1 Å². The van der Waals surface area contributed by atoms with Crippen LogP contribution >= 0.6 is 0 Å². The van der Waals surface area contributed by atoms with Gasteiger partial charge in [-0.1, -0.05) is 19.1 Å². The summed E-state index contributed by atoms with van der Waals surface area (Å²) >= 11 is 0. The number of ether oxygens (including phenoxy) is 1. The summed E-state index contributed by atoms with van der Waals surface area (Å²) < 4.78 is 5.76. The first-order valence-electron chi connectivity index (χ1n) is 7.18. The summed E-state index contributed by atoms with van der Waals surface area (Å²) in [6.07, 6.45) is 1.18. The Bertz CT molecular complexity index is 419. The SMILES string of the molecule is CC[C@@H](Oc1cccc(C)c1)C(=O)NCCCN(C)C. The van der Waals surface area contributed by atoms with Gasteiger partial charge in [-0.05, 0) is 58.1 Å². The van der Waals surface area contributed by atoms with E-state index in [4.69, 9.17) is 4.74 Å². The highest BCUT2D eigenvalue weighted by atomic mass is 16.5. The summed E-state index contributed by atoms with van der Waals surface area (Å²) in [7, 11) is 4.05. The molecule has 0 aliphatic carbocycles. The van der Waals surface area contributed by atoms with Gasteiger partial charge < -0.3 is 15.0 Å². The van der Waals surface area contributed by atoms with Crippen LogP contribution in [0.3, 0.4) is 0 Å². The van der Waals surface area contributed by atoms with Crippen molar-refractivity contribution in [2.45, 2.75) is 32.8 Å². The fraction of sp³-hybridized carbons (Fsp3) is 0.562. The Balaban J connectivity index is 2.43. The smallest absolute Gasteiger partial charge is 0.261 e. The molecule has 1 amide bonds. The van der Waals surface area contributed by atoms with Gasteiger partial charge >= 0.3 is 0 Å². The first kappa shape index (κ1) is 16.5. The Hall–Kier alpha value is -1.55. The maximum atomic E-state index is 12.1. The fourth-order valence-electron chi connectivity index (χ4n) is 1.90. The molecule has 0 fully saturated rings. The van der Waals surface area contributed by atoms with Crippen LogP contribution in [0.4, 0.5) is 0 Å². The Morgan fingerprint density at radius 3 is 2.75 bits per heavy atom. The van der Waals surface area contributed by atoms with Crippen molar-refractivity contribution in [1.82, 2.24) is 10.2 Å². The molecule has 0 heterocycles. The Morgan fingerprint density at radius 2 is 2.15 bits per heavy atom. The number of amides is 1. The van der Waals surface area contributed by atoms with Gasteiger partial charge in [-0.2, -0.15) is 0 Å². The number of benzene rings is 1. The Morgan fingerprint density at radius 1 is 1.40 bits per heavy atom. The van der Waals surface area contributed by atoms with E-state index in [0.717, 1.165) is 24.3 Å². The maximum absolute atomic E-state index is 12.1. The molecule has 0 bridgehead atoms. The van der Waals surface area contributed by atoms with Gasteiger partial charge in [0, 0.05) is 6.54 Å². The lowest BCUT2D eigenvalue weighted by Crippen LogP contribution is -2.39. The molecule has 0 aromatic heterocycles. The molecule has 0 radical (unpaired) electrons. The van der Waals surface area contributed by atoms with Gasteiger partial charge in [-0.15, -0.1) is 0 Å². The van der Waals surface area contributed by atoms with Gasteiger partial charge in [-0.3, -0.25) is 4.79 Å². The highest BCUT2D eigenvalue weighted by Gasteiger charge is 2.17. The summed E-state index contributed by atoms with van der Waals surface area (Å²) in [4.78, 5) is 14.2. The molecule has 4 heteroatoms. The van der Waals surface area contributed by atoms with E-state index in [1.54, 1.807) is 0 Å². The van der Waals surface area contributed by atoms with E-state index in [0.29, 0.717) is 13.0 Å². The molecule has 0 aliphatic rings. The largest absolute Gasteiger partial charge is 0.481 e. The zero-order chi connectivity index (χ0) is 15.0. The molecule has 1 aromatic rings. The number of hydrogen-bond acceptors (Lipinski definition) is 3. The molecule has 1 aromatic carbocycles. The van der Waals surface area contributed by atoms with Gasteiger partial charge in [-0.25, -0.2) is 0 Å². The molecule has 1 N–H and O–H groups in total. The Kier molecular flexibility index (Phi) is 7.09. The summed E-state index contributed by atoms with van der Waals surface area (Å²) in [6, 6.07) is 7.78. The summed E-state index contributed by atoms with van der Waals surface area (Å²) in [6.45, 7) is 5.62. The zero-order valence-electron chi connectivity index (χ0n) is 13.0. The van der Waals surface area contributed by atoms with Gasteiger partial charge in [0.15, 0.2) is 6.10 Å². The van der Waals surface area contributed by atoms with Crippen LogP contribution in [-0.2, 0) is 4.79 Å². The maximum Gasteiger partial charge on any atom is 0.261 e. The molecule has 0 spiro atoms. The standard InChI is InChI=1S/C16H26N2O2/c1-5-15(16(19)17-10-7-11-18(3)4)20-14-9-6-8-13(2)12-14/h6,8-9,12,15H,5,7,10-11H2,1-4H3,(H,17,19)/t15-/m1/s1. The van der Waals surface area contributed by atoms with E-state index in [1.807, 2.05) is 52.2 Å². The lowest BCUT2D eigenvalue weighted by molar-refractivity contribution is -0.128. The van der Waals surface area contributed by atoms with Gasteiger partial charge in [0.05, 0.1) is 0 Å². The molecule has 0 unspecified atom stereocenters. The number of nitrogens with zero attached hydrogens (tertiary/aromatic N) is 1. The summed E-state index contributed by atoms with van der Waals surface area (Å²) in [5.74, 6) is 0.716. The van der Waals surface area contributed by atoms with E-state index in [-0.39, 0.29) is 5.91 Å².